The third-order valence-corrected chi connectivity index (χ3v) is 6.63. The minimum Gasteiger partial charge on any atom is -0.352 e. The van der Waals surface area contributed by atoms with E-state index in [1.54, 1.807) is 11.8 Å². The molecule has 2 aromatic carbocycles. The highest BCUT2D eigenvalue weighted by Crippen LogP contribution is 2.49. The molecule has 0 aromatic heterocycles. The number of likely N-dealkylation sites (N-methyl/N-ethyl adjacent to an activating group) is 1. The van der Waals surface area contributed by atoms with Crippen molar-refractivity contribution in [1.82, 2.24) is 10.2 Å². The van der Waals surface area contributed by atoms with Crippen molar-refractivity contribution in [3.05, 3.63) is 48.0 Å². The molecular formula is C24H33N3OS. The van der Waals surface area contributed by atoms with Gasteiger partial charge in [-0.2, -0.15) is 0 Å². The number of benzene rings is 2. The molecule has 0 spiro atoms. The van der Waals surface area contributed by atoms with Crippen molar-refractivity contribution in [2.45, 2.75) is 56.4 Å². The Morgan fingerprint density at radius 2 is 1.79 bits per heavy atom. The smallest absolute Gasteiger partial charge is 0.251 e. The summed E-state index contributed by atoms with van der Waals surface area (Å²) in [4.78, 5) is 20.0. The molecule has 0 saturated carbocycles. The van der Waals surface area contributed by atoms with E-state index in [4.69, 9.17) is 0 Å². The van der Waals surface area contributed by atoms with Crippen LogP contribution in [0.2, 0.25) is 0 Å². The van der Waals surface area contributed by atoms with Crippen molar-refractivity contribution in [1.29, 1.82) is 0 Å². The largest absolute Gasteiger partial charge is 0.352 e. The zero-order valence-electron chi connectivity index (χ0n) is 18.1. The Labute approximate surface area is 179 Å². The first-order valence-electron chi connectivity index (χ1n) is 10.8. The molecular weight excluding hydrogens is 378 g/mol. The number of para-hydroxylation sites is 1. The van der Waals surface area contributed by atoms with Crippen LogP contribution >= 0.6 is 11.8 Å². The Hall–Kier alpha value is -1.98. The Morgan fingerprint density at radius 1 is 1.07 bits per heavy atom. The van der Waals surface area contributed by atoms with Gasteiger partial charge in [0, 0.05) is 34.5 Å². The van der Waals surface area contributed by atoms with Crippen LogP contribution in [-0.2, 0) is 0 Å². The predicted octanol–water partition coefficient (Wildman–Crippen LogP) is 5.55. The van der Waals surface area contributed by atoms with E-state index in [1.165, 1.54) is 15.5 Å². The van der Waals surface area contributed by atoms with Crippen LogP contribution in [0.25, 0.3) is 0 Å². The number of unbranched alkanes of at least 4 members (excludes halogenated alkanes) is 1. The lowest BCUT2D eigenvalue weighted by atomic mass is 10.1. The van der Waals surface area contributed by atoms with Crippen molar-refractivity contribution in [3.63, 3.8) is 0 Å². The third kappa shape index (κ3) is 4.96. The van der Waals surface area contributed by atoms with E-state index in [0.29, 0.717) is 6.04 Å². The quantitative estimate of drug-likeness (QED) is 0.549. The normalized spacial score (nSPS) is 13.8. The highest BCUT2D eigenvalue weighted by Gasteiger charge is 2.28. The summed E-state index contributed by atoms with van der Waals surface area (Å²) in [5.41, 5.74) is 3.10. The van der Waals surface area contributed by atoms with Gasteiger partial charge in [-0.3, -0.25) is 4.79 Å². The van der Waals surface area contributed by atoms with Crippen molar-refractivity contribution in [3.8, 4) is 0 Å². The van der Waals surface area contributed by atoms with E-state index in [0.717, 1.165) is 50.3 Å². The average molecular weight is 412 g/mol. The second-order valence-electron chi connectivity index (χ2n) is 7.57. The Bertz CT molecular complexity index is 835. The number of anilines is 2. The molecule has 1 heterocycles. The molecule has 5 heteroatoms. The van der Waals surface area contributed by atoms with Crippen LogP contribution in [0.3, 0.4) is 0 Å². The van der Waals surface area contributed by atoms with Crippen LogP contribution in [0.5, 0.6) is 0 Å². The van der Waals surface area contributed by atoms with Crippen LogP contribution in [-0.4, -0.2) is 43.0 Å². The molecule has 0 fully saturated rings. The highest BCUT2D eigenvalue weighted by molar-refractivity contribution is 7.99. The zero-order chi connectivity index (χ0) is 20.8. The van der Waals surface area contributed by atoms with Gasteiger partial charge in [0.15, 0.2) is 0 Å². The van der Waals surface area contributed by atoms with E-state index in [-0.39, 0.29) is 5.91 Å². The summed E-state index contributed by atoms with van der Waals surface area (Å²) < 4.78 is 0. The standard InChI is InChI=1S/C24H33N3OS/c1-5-8-15-25-24(28)19-13-14-23-21(16-19)27(18(4)17-26(6-2)7-3)20-11-9-10-12-22(20)29-23/h9-14,16,18H,5-8,15,17H2,1-4H3,(H,25,28)/t18-/m1/s1. The molecule has 0 aliphatic carbocycles. The van der Waals surface area contributed by atoms with Gasteiger partial charge in [0.2, 0.25) is 0 Å². The van der Waals surface area contributed by atoms with Crippen molar-refractivity contribution >= 4 is 29.0 Å². The number of carbonyl (C=O) groups excluding carboxylic acids is 1. The fraction of sp³-hybridized carbons (Fsp3) is 0.458. The molecule has 156 valence electrons. The molecule has 0 unspecified atom stereocenters. The maximum atomic E-state index is 12.7. The van der Waals surface area contributed by atoms with Gasteiger partial charge in [-0.1, -0.05) is 51.1 Å². The van der Waals surface area contributed by atoms with E-state index in [2.05, 4.69) is 79.2 Å². The lowest BCUT2D eigenvalue weighted by molar-refractivity contribution is 0.0953. The lowest BCUT2D eigenvalue weighted by Gasteiger charge is -2.39. The van der Waals surface area contributed by atoms with Gasteiger partial charge in [0.25, 0.3) is 5.91 Å². The number of fused-ring (bicyclic) bond motifs is 2. The number of nitrogens with zero attached hydrogens (tertiary/aromatic N) is 2. The average Bonchev–Trinajstić information content (AvgIpc) is 2.75. The fourth-order valence-corrected chi connectivity index (χ4v) is 4.87. The third-order valence-electron chi connectivity index (χ3n) is 5.50. The summed E-state index contributed by atoms with van der Waals surface area (Å²) in [5, 5.41) is 3.05. The summed E-state index contributed by atoms with van der Waals surface area (Å²) >= 11 is 1.79. The summed E-state index contributed by atoms with van der Waals surface area (Å²) in [6.45, 7) is 12.6. The van der Waals surface area contributed by atoms with Crippen LogP contribution in [0.15, 0.2) is 52.3 Å². The molecule has 3 rings (SSSR count). The van der Waals surface area contributed by atoms with E-state index in [1.807, 2.05) is 6.07 Å². The van der Waals surface area contributed by atoms with E-state index < -0.39 is 0 Å². The molecule has 1 N–H and O–H groups in total. The van der Waals surface area contributed by atoms with Crippen LogP contribution in [0, 0.1) is 0 Å². The first-order chi connectivity index (χ1) is 14.1. The van der Waals surface area contributed by atoms with Gasteiger partial charge in [0.05, 0.1) is 11.4 Å². The van der Waals surface area contributed by atoms with Gasteiger partial charge >= 0.3 is 0 Å². The summed E-state index contributed by atoms with van der Waals surface area (Å²) in [6.07, 6.45) is 2.08. The molecule has 0 bridgehead atoms. The number of hydrogen-bond donors (Lipinski definition) is 1. The SMILES string of the molecule is CCCCNC(=O)c1ccc2c(c1)N([C@H](C)CN(CC)CC)c1ccccc1S2. The molecule has 1 aliphatic rings. The van der Waals surface area contributed by atoms with Crippen LogP contribution in [0.4, 0.5) is 11.4 Å². The first-order valence-corrected chi connectivity index (χ1v) is 11.6. The van der Waals surface area contributed by atoms with Crippen LogP contribution < -0.4 is 10.2 Å². The van der Waals surface area contributed by atoms with Crippen molar-refractivity contribution in [2.24, 2.45) is 0 Å². The topological polar surface area (TPSA) is 35.6 Å². The van der Waals surface area contributed by atoms with E-state index in [9.17, 15) is 4.79 Å². The lowest BCUT2D eigenvalue weighted by Crippen LogP contribution is -2.41. The van der Waals surface area contributed by atoms with Gasteiger partial charge < -0.3 is 15.1 Å². The molecule has 1 atom stereocenters. The molecule has 1 aliphatic heterocycles. The van der Waals surface area contributed by atoms with Gasteiger partial charge in [-0.25, -0.2) is 0 Å². The number of amides is 1. The number of hydrogen-bond acceptors (Lipinski definition) is 4. The highest BCUT2D eigenvalue weighted by atomic mass is 32.2. The second-order valence-corrected chi connectivity index (χ2v) is 8.65. The van der Waals surface area contributed by atoms with Crippen molar-refractivity contribution in [2.75, 3.05) is 31.1 Å². The molecule has 29 heavy (non-hydrogen) atoms. The summed E-state index contributed by atoms with van der Waals surface area (Å²) in [5.74, 6) is 0.0152. The summed E-state index contributed by atoms with van der Waals surface area (Å²) in [7, 11) is 0. The maximum Gasteiger partial charge on any atom is 0.251 e. The number of nitrogens with one attached hydrogen (secondary N) is 1. The Kier molecular flexibility index (Phi) is 7.62. The number of carbonyl (C=O) groups is 1. The number of rotatable bonds is 9. The molecule has 2 aromatic rings. The van der Waals surface area contributed by atoms with Gasteiger partial charge in [0.1, 0.15) is 0 Å². The predicted molar refractivity (Wildman–Crippen MR) is 124 cm³/mol. The van der Waals surface area contributed by atoms with E-state index >= 15 is 0 Å². The molecule has 1 amide bonds. The molecule has 0 radical (unpaired) electrons. The van der Waals surface area contributed by atoms with Gasteiger partial charge in [-0.15, -0.1) is 0 Å². The van der Waals surface area contributed by atoms with Gasteiger partial charge in [-0.05, 0) is 56.8 Å². The Balaban J connectivity index is 1.95. The maximum absolute atomic E-state index is 12.7. The zero-order valence-corrected chi connectivity index (χ0v) is 18.9. The first kappa shape index (κ1) is 21.7. The molecule has 4 nitrogen and oxygen atoms in total. The fourth-order valence-electron chi connectivity index (χ4n) is 3.82. The Morgan fingerprint density at radius 3 is 2.52 bits per heavy atom. The molecule has 0 saturated heterocycles. The summed E-state index contributed by atoms with van der Waals surface area (Å²) in [6, 6.07) is 15.0. The van der Waals surface area contributed by atoms with Crippen LogP contribution in [0.1, 0.15) is 50.9 Å². The van der Waals surface area contributed by atoms with Crippen molar-refractivity contribution < 1.29 is 4.79 Å². The minimum absolute atomic E-state index is 0.0152. The second kappa shape index (κ2) is 10.2. The minimum atomic E-state index is 0.0152. The monoisotopic (exact) mass is 411 g/mol.